The van der Waals surface area contributed by atoms with Crippen LogP contribution in [0, 0.1) is 5.92 Å². The number of hydrogen-bond donors (Lipinski definition) is 3. The summed E-state index contributed by atoms with van der Waals surface area (Å²) in [6.07, 6.45) is 6.16. The Kier molecular flexibility index (Phi) is 5.67. The third-order valence-corrected chi connectivity index (χ3v) is 7.38. The molecule has 0 aromatic carbocycles. The van der Waals surface area contributed by atoms with E-state index in [9.17, 15) is 19.8 Å². The van der Waals surface area contributed by atoms with Crippen molar-refractivity contribution in [1.29, 1.82) is 0 Å². The number of aliphatic carboxylic acids is 1. The van der Waals surface area contributed by atoms with Crippen molar-refractivity contribution in [2.45, 2.75) is 42.8 Å². The molecule has 0 spiro atoms. The summed E-state index contributed by atoms with van der Waals surface area (Å²) in [5, 5.41) is 23.0. The van der Waals surface area contributed by atoms with E-state index in [0.29, 0.717) is 26.7 Å². The predicted molar refractivity (Wildman–Crippen MR) is 115 cm³/mol. The topological polar surface area (TPSA) is 116 Å². The van der Waals surface area contributed by atoms with Gasteiger partial charge in [0.05, 0.1) is 23.0 Å². The Morgan fingerprint density at radius 3 is 2.93 bits per heavy atom. The van der Waals surface area contributed by atoms with Crippen molar-refractivity contribution in [2.24, 2.45) is 5.92 Å². The third kappa shape index (κ3) is 3.53. The molecule has 1 aromatic heterocycles. The van der Waals surface area contributed by atoms with Crippen molar-refractivity contribution in [3.63, 3.8) is 0 Å². The second-order valence-electron chi connectivity index (χ2n) is 7.42. The van der Waals surface area contributed by atoms with Gasteiger partial charge in [0, 0.05) is 12.6 Å². The molecule has 0 saturated carbocycles. The molecule has 3 aliphatic heterocycles. The average molecular weight is 447 g/mol. The van der Waals surface area contributed by atoms with Gasteiger partial charge in [-0.05, 0) is 42.1 Å². The number of amides is 1. The number of aliphatic hydroxyl groups excluding tert-OH is 1. The normalized spacial score (nSPS) is 27.0. The number of aliphatic hydroxyl groups is 1. The molecule has 30 heavy (non-hydrogen) atoms. The van der Waals surface area contributed by atoms with Crippen LogP contribution in [0.3, 0.4) is 0 Å². The van der Waals surface area contributed by atoms with Gasteiger partial charge in [-0.1, -0.05) is 37.4 Å². The van der Waals surface area contributed by atoms with Crippen LogP contribution in [0.25, 0.3) is 6.08 Å². The number of hydrogen-bond acceptors (Lipinski definition) is 8. The SMILES string of the molecule is C=C1C(Sc2nc(/C=C/C3=C[C@@H](CC)NC3)ns2)=C(C(=O)O)N2C(=O)[C@H]([C@@H](C)O)[C@@H]12. The predicted octanol–water partition coefficient (Wildman–Crippen LogP) is 2.03. The zero-order valence-electron chi connectivity index (χ0n) is 16.5. The number of rotatable bonds is 7. The molecule has 1 amide bonds. The quantitative estimate of drug-likeness (QED) is 0.545. The lowest BCUT2D eigenvalue weighted by Gasteiger charge is -2.44. The summed E-state index contributed by atoms with van der Waals surface area (Å²) >= 11 is 2.31. The van der Waals surface area contributed by atoms with E-state index in [1.807, 2.05) is 12.2 Å². The average Bonchev–Trinajstić information content (AvgIpc) is 3.39. The van der Waals surface area contributed by atoms with Crippen LogP contribution in [0.15, 0.2) is 44.8 Å². The molecule has 158 valence electrons. The zero-order valence-corrected chi connectivity index (χ0v) is 18.2. The molecule has 3 aliphatic rings. The van der Waals surface area contributed by atoms with E-state index in [0.717, 1.165) is 36.3 Å². The van der Waals surface area contributed by atoms with Gasteiger partial charge in [-0.2, -0.15) is 4.37 Å². The molecular weight excluding hydrogens is 424 g/mol. The van der Waals surface area contributed by atoms with Crippen LogP contribution < -0.4 is 5.32 Å². The molecule has 0 bridgehead atoms. The Bertz CT molecular complexity index is 1010. The first-order valence-electron chi connectivity index (χ1n) is 9.63. The number of fused-ring (bicyclic) bond motifs is 1. The van der Waals surface area contributed by atoms with Crippen LogP contribution >= 0.6 is 23.3 Å². The Morgan fingerprint density at radius 1 is 1.53 bits per heavy atom. The highest BCUT2D eigenvalue weighted by molar-refractivity contribution is 8.04. The van der Waals surface area contributed by atoms with Gasteiger partial charge >= 0.3 is 5.97 Å². The molecule has 4 rings (SSSR count). The Balaban J connectivity index is 1.53. The van der Waals surface area contributed by atoms with Crippen LogP contribution in [-0.4, -0.2) is 61.1 Å². The van der Waals surface area contributed by atoms with Crippen LogP contribution in [0.1, 0.15) is 26.1 Å². The number of carbonyl (C=O) groups is 2. The molecule has 0 unspecified atom stereocenters. The molecule has 3 N–H and O–H groups in total. The van der Waals surface area contributed by atoms with Gasteiger partial charge < -0.3 is 15.5 Å². The number of carboxylic acids is 1. The summed E-state index contributed by atoms with van der Waals surface area (Å²) in [7, 11) is 0. The Labute approximate surface area is 182 Å². The van der Waals surface area contributed by atoms with Gasteiger partial charge in [0.2, 0.25) is 5.91 Å². The Morgan fingerprint density at radius 2 is 2.30 bits per heavy atom. The van der Waals surface area contributed by atoms with Crippen molar-refractivity contribution >= 4 is 41.2 Å². The standard InChI is InChI=1S/C20H22N4O4S2/c1-4-12-7-11(8-21-12)5-6-13-22-20(30-23-13)29-17-9(2)15-14(10(3)25)18(26)24(15)16(17)19(27)28/h5-7,10,12,14-15,21,25H,2,4,8H2,1,3H3,(H,27,28)/b6-5+/t10-,12-,14-,15-/m1/s1. The first-order valence-corrected chi connectivity index (χ1v) is 11.2. The second kappa shape index (κ2) is 8.10. The summed E-state index contributed by atoms with van der Waals surface area (Å²) in [4.78, 5) is 30.3. The zero-order chi connectivity index (χ0) is 21.6. The van der Waals surface area contributed by atoms with E-state index in [1.165, 1.54) is 17.4 Å². The Hall–Kier alpha value is -2.27. The molecule has 4 atom stereocenters. The minimum atomic E-state index is -1.20. The summed E-state index contributed by atoms with van der Waals surface area (Å²) in [5.74, 6) is -1.72. The van der Waals surface area contributed by atoms with Gasteiger partial charge in [-0.25, -0.2) is 9.78 Å². The molecule has 0 radical (unpaired) electrons. The highest BCUT2D eigenvalue weighted by atomic mass is 32.2. The van der Waals surface area contributed by atoms with E-state index >= 15 is 0 Å². The van der Waals surface area contributed by atoms with Crippen LogP contribution in [-0.2, 0) is 9.59 Å². The van der Waals surface area contributed by atoms with Gasteiger partial charge in [-0.15, -0.1) is 0 Å². The van der Waals surface area contributed by atoms with Crippen molar-refractivity contribution in [2.75, 3.05) is 6.54 Å². The fourth-order valence-electron chi connectivity index (χ4n) is 3.91. The number of carboxylic acid groups (broad SMARTS) is 1. The van der Waals surface area contributed by atoms with E-state index in [1.54, 1.807) is 0 Å². The molecule has 1 fully saturated rings. The summed E-state index contributed by atoms with van der Waals surface area (Å²) < 4.78 is 4.89. The van der Waals surface area contributed by atoms with Crippen molar-refractivity contribution in [1.82, 2.24) is 19.6 Å². The monoisotopic (exact) mass is 446 g/mol. The maximum atomic E-state index is 12.4. The maximum absolute atomic E-state index is 12.4. The third-order valence-electron chi connectivity index (χ3n) is 5.45. The molecular formula is C20H22N4O4S2. The van der Waals surface area contributed by atoms with Gasteiger partial charge in [0.25, 0.3) is 0 Å². The van der Waals surface area contributed by atoms with Gasteiger partial charge in [0.1, 0.15) is 5.70 Å². The lowest BCUT2D eigenvalue weighted by molar-refractivity contribution is -0.159. The molecule has 10 heteroatoms. The van der Waals surface area contributed by atoms with Crippen molar-refractivity contribution in [3.05, 3.63) is 46.3 Å². The fraction of sp³-hybridized carbons (Fsp3) is 0.400. The van der Waals surface area contributed by atoms with E-state index in [2.05, 4.69) is 34.3 Å². The van der Waals surface area contributed by atoms with E-state index in [-0.39, 0.29) is 5.70 Å². The van der Waals surface area contributed by atoms with Crippen molar-refractivity contribution < 1.29 is 19.8 Å². The first-order chi connectivity index (χ1) is 14.3. The van der Waals surface area contributed by atoms with E-state index < -0.39 is 29.9 Å². The summed E-state index contributed by atoms with van der Waals surface area (Å²) in [6.45, 7) is 8.47. The van der Waals surface area contributed by atoms with Crippen LogP contribution in [0.2, 0.25) is 0 Å². The molecule has 0 aliphatic carbocycles. The number of nitrogens with zero attached hydrogens (tertiary/aromatic N) is 3. The number of nitrogens with one attached hydrogen (secondary N) is 1. The molecule has 1 saturated heterocycles. The number of β-lactam (4-membered cyclic amide) rings is 1. The summed E-state index contributed by atoms with van der Waals surface area (Å²) in [5.41, 5.74) is 1.60. The highest BCUT2D eigenvalue weighted by Crippen LogP contribution is 2.51. The van der Waals surface area contributed by atoms with Crippen LogP contribution in [0.5, 0.6) is 0 Å². The maximum Gasteiger partial charge on any atom is 0.353 e. The lowest BCUT2D eigenvalue weighted by Crippen LogP contribution is -2.62. The fourth-order valence-corrected chi connectivity index (χ4v) is 5.68. The summed E-state index contributed by atoms with van der Waals surface area (Å²) in [6, 6.07) is -0.126. The highest BCUT2D eigenvalue weighted by Gasteiger charge is 2.58. The smallest absolute Gasteiger partial charge is 0.353 e. The lowest BCUT2D eigenvalue weighted by atomic mass is 9.82. The molecule has 1 aromatic rings. The largest absolute Gasteiger partial charge is 0.477 e. The van der Waals surface area contributed by atoms with Gasteiger partial charge in [0.15, 0.2) is 10.2 Å². The number of aromatic nitrogens is 2. The van der Waals surface area contributed by atoms with E-state index in [4.69, 9.17) is 0 Å². The number of carbonyl (C=O) groups excluding carboxylic acids is 1. The van der Waals surface area contributed by atoms with Gasteiger partial charge in [-0.3, -0.25) is 9.69 Å². The first kappa shape index (κ1) is 21.0. The second-order valence-corrected chi connectivity index (χ2v) is 9.43. The minimum absolute atomic E-state index is 0.100. The molecule has 8 nitrogen and oxygen atoms in total. The van der Waals surface area contributed by atoms with Crippen LogP contribution in [0.4, 0.5) is 0 Å². The van der Waals surface area contributed by atoms with Crippen molar-refractivity contribution in [3.8, 4) is 0 Å². The molecule has 4 heterocycles. The minimum Gasteiger partial charge on any atom is -0.477 e. The number of thioether (sulfide) groups is 1.